The minimum Gasteiger partial charge on any atom is -0.497 e. The van der Waals surface area contributed by atoms with Gasteiger partial charge < -0.3 is 4.74 Å². The van der Waals surface area contributed by atoms with Crippen LogP contribution in [0, 0.1) is 15.9 Å². The van der Waals surface area contributed by atoms with Crippen molar-refractivity contribution in [2.75, 3.05) is 7.11 Å². The van der Waals surface area contributed by atoms with E-state index in [1.54, 1.807) is 6.07 Å². The van der Waals surface area contributed by atoms with Crippen LogP contribution in [0.3, 0.4) is 0 Å². The number of ether oxygens (including phenoxy) is 1. The number of carbonyl (C=O) groups excluding carboxylic acids is 1. The highest BCUT2D eigenvalue weighted by Crippen LogP contribution is 2.29. The number of nitrogens with zero attached hydrogens (tertiary/aromatic N) is 1. The number of rotatable bonds is 4. The van der Waals surface area contributed by atoms with Gasteiger partial charge in [-0.2, -0.15) is 0 Å². The molecule has 2 rings (SSSR count). The first-order chi connectivity index (χ1) is 9.56. The van der Waals surface area contributed by atoms with E-state index in [-0.39, 0.29) is 16.8 Å². The number of nitro benzene ring substituents is 1. The van der Waals surface area contributed by atoms with Crippen LogP contribution in [-0.2, 0) is 0 Å². The monoisotopic (exact) mass is 275 g/mol. The molecule has 5 nitrogen and oxygen atoms in total. The number of halogens is 1. The molecule has 20 heavy (non-hydrogen) atoms. The molecule has 0 heterocycles. The average molecular weight is 275 g/mol. The van der Waals surface area contributed by atoms with Crippen molar-refractivity contribution in [1.29, 1.82) is 0 Å². The smallest absolute Gasteiger partial charge is 0.279 e. The summed E-state index contributed by atoms with van der Waals surface area (Å²) in [5.74, 6) is -0.168. The first kappa shape index (κ1) is 13.7. The second-order valence-corrected chi connectivity index (χ2v) is 3.99. The molecule has 0 radical (unpaired) electrons. The third kappa shape index (κ3) is 2.49. The molecule has 0 unspecified atom stereocenters. The molecule has 0 bridgehead atoms. The Balaban J connectivity index is 2.53. The zero-order valence-electron chi connectivity index (χ0n) is 10.5. The lowest BCUT2D eigenvalue weighted by Crippen LogP contribution is -1.95. The highest BCUT2D eigenvalue weighted by Gasteiger charge is 2.15. The molecule has 102 valence electrons. The summed E-state index contributed by atoms with van der Waals surface area (Å²) in [6.07, 6.45) is 0.378. The average Bonchev–Trinajstić information content (AvgIpc) is 2.46. The molecule has 0 fully saturated rings. The van der Waals surface area contributed by atoms with Crippen molar-refractivity contribution in [2.45, 2.75) is 0 Å². The van der Waals surface area contributed by atoms with Gasteiger partial charge in [0.2, 0.25) is 0 Å². The molecule has 0 aliphatic rings. The van der Waals surface area contributed by atoms with E-state index < -0.39 is 10.7 Å². The fourth-order valence-corrected chi connectivity index (χ4v) is 1.84. The van der Waals surface area contributed by atoms with Crippen LogP contribution in [0.1, 0.15) is 10.4 Å². The first-order valence-corrected chi connectivity index (χ1v) is 5.64. The highest BCUT2D eigenvalue weighted by atomic mass is 19.1. The molecule has 0 atom stereocenters. The standard InChI is InChI=1S/C14H10FNO4/c1-20-11-3-4-12(13(15)7-11)9-2-5-14(16(18)19)10(6-9)8-17/h2-8H,1H3. The second kappa shape index (κ2) is 5.48. The highest BCUT2D eigenvalue weighted by molar-refractivity contribution is 5.84. The number of aldehydes is 1. The maximum Gasteiger partial charge on any atom is 0.279 e. The summed E-state index contributed by atoms with van der Waals surface area (Å²) in [5.41, 5.74) is 0.224. The second-order valence-electron chi connectivity index (χ2n) is 3.99. The molecule has 0 aliphatic carbocycles. The van der Waals surface area contributed by atoms with E-state index in [0.717, 1.165) is 0 Å². The van der Waals surface area contributed by atoms with E-state index in [2.05, 4.69) is 0 Å². The molecule has 0 N–H and O–H groups in total. The van der Waals surface area contributed by atoms with Gasteiger partial charge in [-0.05, 0) is 29.8 Å². The van der Waals surface area contributed by atoms with Crippen molar-refractivity contribution in [1.82, 2.24) is 0 Å². The molecule has 6 heteroatoms. The number of hydrogen-bond acceptors (Lipinski definition) is 4. The van der Waals surface area contributed by atoms with Crippen LogP contribution >= 0.6 is 0 Å². The topological polar surface area (TPSA) is 69.4 Å². The van der Waals surface area contributed by atoms with Gasteiger partial charge in [-0.3, -0.25) is 14.9 Å². The van der Waals surface area contributed by atoms with Gasteiger partial charge in [0, 0.05) is 17.7 Å². The van der Waals surface area contributed by atoms with Gasteiger partial charge in [-0.25, -0.2) is 4.39 Å². The number of hydrogen-bond donors (Lipinski definition) is 0. The van der Waals surface area contributed by atoms with Crippen LogP contribution in [0.15, 0.2) is 36.4 Å². The van der Waals surface area contributed by atoms with Gasteiger partial charge in [0.15, 0.2) is 6.29 Å². The molecular weight excluding hydrogens is 265 g/mol. The van der Waals surface area contributed by atoms with Crippen molar-refractivity contribution in [3.8, 4) is 16.9 Å². The molecule has 0 saturated carbocycles. The summed E-state index contributed by atoms with van der Waals surface area (Å²) >= 11 is 0. The summed E-state index contributed by atoms with van der Waals surface area (Å²) < 4.78 is 18.8. The van der Waals surface area contributed by atoms with Crippen molar-refractivity contribution < 1.29 is 18.8 Å². The van der Waals surface area contributed by atoms with Gasteiger partial charge in [-0.15, -0.1) is 0 Å². The number of benzene rings is 2. The van der Waals surface area contributed by atoms with Gasteiger partial charge in [0.25, 0.3) is 5.69 Å². The fraction of sp³-hybridized carbons (Fsp3) is 0.0714. The Hall–Kier alpha value is -2.76. The Bertz CT molecular complexity index is 685. The Morgan fingerprint density at radius 1 is 1.25 bits per heavy atom. The maximum absolute atomic E-state index is 13.9. The fourth-order valence-electron chi connectivity index (χ4n) is 1.84. The summed E-state index contributed by atoms with van der Waals surface area (Å²) in [6.45, 7) is 0. The minimum atomic E-state index is -0.655. The number of nitro groups is 1. The van der Waals surface area contributed by atoms with Crippen LogP contribution in [0.2, 0.25) is 0 Å². The predicted molar refractivity (Wildman–Crippen MR) is 70.4 cm³/mol. The van der Waals surface area contributed by atoms with Crippen LogP contribution in [0.25, 0.3) is 11.1 Å². The van der Waals surface area contributed by atoms with E-state index in [4.69, 9.17) is 4.74 Å². The van der Waals surface area contributed by atoms with Crippen LogP contribution in [-0.4, -0.2) is 18.3 Å². The quantitative estimate of drug-likeness (QED) is 0.488. The normalized spacial score (nSPS) is 10.1. The lowest BCUT2D eigenvalue weighted by atomic mass is 10.0. The largest absolute Gasteiger partial charge is 0.497 e. The molecule has 2 aromatic carbocycles. The summed E-state index contributed by atoms with van der Waals surface area (Å²) in [5, 5.41) is 10.7. The summed E-state index contributed by atoms with van der Waals surface area (Å²) in [6, 6.07) is 8.14. The molecule has 2 aromatic rings. The number of methoxy groups -OCH3 is 1. The SMILES string of the molecule is COc1ccc(-c2ccc([N+](=O)[O-])c(C=O)c2)c(F)c1. The molecule has 0 aliphatic heterocycles. The lowest BCUT2D eigenvalue weighted by Gasteiger charge is -2.06. The molecule has 0 saturated heterocycles. The molecule has 0 spiro atoms. The van der Waals surface area contributed by atoms with Crippen molar-refractivity contribution >= 4 is 12.0 Å². The predicted octanol–water partition coefficient (Wildman–Crippen LogP) is 3.22. The van der Waals surface area contributed by atoms with Gasteiger partial charge in [-0.1, -0.05) is 0 Å². The summed E-state index contributed by atoms with van der Waals surface area (Å²) in [4.78, 5) is 21.0. The Labute approximate surface area is 113 Å². The van der Waals surface area contributed by atoms with E-state index in [9.17, 15) is 19.3 Å². The van der Waals surface area contributed by atoms with E-state index in [1.807, 2.05) is 0 Å². The van der Waals surface area contributed by atoms with E-state index in [1.165, 1.54) is 37.4 Å². The third-order valence-corrected chi connectivity index (χ3v) is 2.84. The Morgan fingerprint density at radius 2 is 2.00 bits per heavy atom. The Morgan fingerprint density at radius 3 is 2.55 bits per heavy atom. The first-order valence-electron chi connectivity index (χ1n) is 5.64. The molecule has 0 amide bonds. The third-order valence-electron chi connectivity index (χ3n) is 2.84. The van der Waals surface area contributed by atoms with Gasteiger partial charge in [0.05, 0.1) is 17.6 Å². The van der Waals surface area contributed by atoms with Crippen LogP contribution < -0.4 is 4.74 Å². The van der Waals surface area contributed by atoms with Crippen molar-refractivity contribution in [3.05, 3.63) is 57.9 Å². The van der Waals surface area contributed by atoms with Crippen LogP contribution in [0.4, 0.5) is 10.1 Å². The maximum atomic E-state index is 13.9. The summed E-state index contributed by atoms with van der Waals surface area (Å²) in [7, 11) is 1.42. The van der Waals surface area contributed by atoms with Crippen molar-refractivity contribution in [3.63, 3.8) is 0 Å². The van der Waals surface area contributed by atoms with Crippen molar-refractivity contribution in [2.24, 2.45) is 0 Å². The zero-order valence-corrected chi connectivity index (χ0v) is 10.5. The molecular formula is C14H10FNO4. The molecule has 0 aromatic heterocycles. The van der Waals surface area contributed by atoms with Crippen LogP contribution in [0.5, 0.6) is 5.75 Å². The van der Waals surface area contributed by atoms with Gasteiger partial charge >= 0.3 is 0 Å². The minimum absolute atomic E-state index is 0.0947. The van der Waals surface area contributed by atoms with E-state index >= 15 is 0 Å². The zero-order chi connectivity index (χ0) is 14.7. The van der Waals surface area contributed by atoms with E-state index in [0.29, 0.717) is 17.6 Å². The lowest BCUT2D eigenvalue weighted by molar-refractivity contribution is -0.385. The number of carbonyl (C=O) groups is 1. The Kier molecular flexibility index (Phi) is 3.74. The van der Waals surface area contributed by atoms with Gasteiger partial charge in [0.1, 0.15) is 11.6 Å².